The fourth-order valence-corrected chi connectivity index (χ4v) is 2.77. The minimum absolute atomic E-state index is 0.795. The van der Waals surface area contributed by atoms with Crippen molar-refractivity contribution in [2.75, 3.05) is 14.2 Å². The Hall–Kier alpha value is -3.34. The van der Waals surface area contributed by atoms with Gasteiger partial charge in [-0.05, 0) is 42.5 Å². The standard InChI is InChI=1S/C20H17N3O2/c1-24-15-6-3-13(4-7-15)19-11-21-12-20(23-19)18-9-14-5-8-16(25-2)10-17(14)22-18/h3-12,22H,1-2H3. The normalized spacial score (nSPS) is 10.8. The van der Waals surface area contributed by atoms with Gasteiger partial charge >= 0.3 is 0 Å². The first kappa shape index (κ1) is 15.2. The summed E-state index contributed by atoms with van der Waals surface area (Å²) in [6.07, 6.45) is 3.52. The fraction of sp³-hybridized carbons (Fsp3) is 0.100. The Morgan fingerprint density at radius 1 is 0.800 bits per heavy atom. The summed E-state index contributed by atoms with van der Waals surface area (Å²) in [5.74, 6) is 1.64. The van der Waals surface area contributed by atoms with Crippen LogP contribution >= 0.6 is 0 Å². The molecule has 0 aliphatic rings. The maximum atomic E-state index is 5.27. The zero-order valence-electron chi connectivity index (χ0n) is 14.0. The van der Waals surface area contributed by atoms with E-state index in [1.807, 2.05) is 42.5 Å². The summed E-state index contributed by atoms with van der Waals surface area (Å²) in [7, 11) is 3.31. The number of rotatable bonds is 4. The van der Waals surface area contributed by atoms with Crippen LogP contribution in [-0.4, -0.2) is 29.2 Å². The Morgan fingerprint density at radius 3 is 2.28 bits per heavy atom. The van der Waals surface area contributed by atoms with Crippen LogP contribution in [0.25, 0.3) is 33.5 Å². The molecule has 4 aromatic rings. The number of methoxy groups -OCH3 is 2. The average molecular weight is 331 g/mol. The molecule has 5 nitrogen and oxygen atoms in total. The summed E-state index contributed by atoms with van der Waals surface area (Å²) in [5.41, 5.74) is 4.53. The van der Waals surface area contributed by atoms with Gasteiger partial charge in [-0.1, -0.05) is 0 Å². The molecule has 1 N–H and O–H groups in total. The molecule has 124 valence electrons. The molecule has 2 aromatic heterocycles. The van der Waals surface area contributed by atoms with Gasteiger partial charge in [0.1, 0.15) is 17.2 Å². The number of aromatic nitrogens is 3. The Balaban J connectivity index is 1.73. The average Bonchev–Trinajstić information content (AvgIpc) is 3.11. The van der Waals surface area contributed by atoms with E-state index in [1.165, 1.54) is 0 Å². The van der Waals surface area contributed by atoms with Crippen LogP contribution in [0, 0.1) is 0 Å². The molecule has 0 amide bonds. The van der Waals surface area contributed by atoms with Crippen molar-refractivity contribution in [2.45, 2.75) is 0 Å². The third kappa shape index (κ3) is 2.92. The molecule has 4 rings (SSSR count). The number of hydrogen-bond donors (Lipinski definition) is 1. The Morgan fingerprint density at radius 2 is 1.52 bits per heavy atom. The summed E-state index contributed by atoms with van der Waals surface area (Å²) in [4.78, 5) is 12.5. The second-order valence-corrected chi connectivity index (χ2v) is 5.65. The van der Waals surface area contributed by atoms with Crippen LogP contribution in [0.3, 0.4) is 0 Å². The van der Waals surface area contributed by atoms with Crippen molar-refractivity contribution in [3.8, 4) is 34.1 Å². The van der Waals surface area contributed by atoms with E-state index in [1.54, 1.807) is 26.6 Å². The van der Waals surface area contributed by atoms with E-state index in [4.69, 9.17) is 14.5 Å². The zero-order chi connectivity index (χ0) is 17.2. The van der Waals surface area contributed by atoms with Gasteiger partial charge in [-0.2, -0.15) is 0 Å². The predicted molar refractivity (Wildman–Crippen MR) is 97.9 cm³/mol. The Kier molecular flexibility index (Phi) is 3.82. The highest BCUT2D eigenvalue weighted by Crippen LogP contribution is 2.27. The van der Waals surface area contributed by atoms with Crippen LogP contribution in [0.4, 0.5) is 0 Å². The first-order chi connectivity index (χ1) is 12.3. The summed E-state index contributed by atoms with van der Waals surface area (Å²) in [6.45, 7) is 0. The second kappa shape index (κ2) is 6.28. The van der Waals surface area contributed by atoms with Crippen molar-refractivity contribution in [1.82, 2.24) is 15.0 Å². The second-order valence-electron chi connectivity index (χ2n) is 5.65. The third-order valence-electron chi connectivity index (χ3n) is 4.13. The van der Waals surface area contributed by atoms with Crippen molar-refractivity contribution in [3.05, 3.63) is 60.9 Å². The van der Waals surface area contributed by atoms with Crippen molar-refractivity contribution in [3.63, 3.8) is 0 Å². The molecule has 0 saturated heterocycles. The minimum Gasteiger partial charge on any atom is -0.497 e. The number of hydrogen-bond acceptors (Lipinski definition) is 4. The monoisotopic (exact) mass is 331 g/mol. The summed E-state index contributed by atoms with van der Waals surface area (Å²) in [6, 6.07) is 15.8. The summed E-state index contributed by atoms with van der Waals surface area (Å²) >= 11 is 0. The lowest BCUT2D eigenvalue weighted by atomic mass is 10.1. The number of H-pyrrole nitrogens is 1. The van der Waals surface area contributed by atoms with Gasteiger partial charge in [-0.3, -0.25) is 4.98 Å². The number of aromatic amines is 1. The van der Waals surface area contributed by atoms with E-state index < -0.39 is 0 Å². The summed E-state index contributed by atoms with van der Waals surface area (Å²) in [5, 5.41) is 1.10. The Labute approximate surface area is 145 Å². The maximum absolute atomic E-state index is 5.27. The first-order valence-corrected chi connectivity index (χ1v) is 7.90. The molecule has 0 aliphatic heterocycles. The lowest BCUT2D eigenvalue weighted by molar-refractivity contribution is 0.415. The highest BCUT2D eigenvalue weighted by atomic mass is 16.5. The van der Waals surface area contributed by atoms with Gasteiger partial charge in [0.05, 0.1) is 38.0 Å². The SMILES string of the molecule is COc1ccc(-c2cncc(-c3cc4ccc(OC)cc4[nH]3)n2)cc1. The maximum Gasteiger partial charge on any atom is 0.120 e. The van der Waals surface area contributed by atoms with Crippen LogP contribution in [0.1, 0.15) is 0 Å². The lowest BCUT2D eigenvalue weighted by Crippen LogP contribution is -1.90. The van der Waals surface area contributed by atoms with Gasteiger partial charge in [-0.15, -0.1) is 0 Å². The molecule has 0 saturated carbocycles. The molecule has 2 aromatic carbocycles. The largest absolute Gasteiger partial charge is 0.497 e. The smallest absolute Gasteiger partial charge is 0.120 e. The van der Waals surface area contributed by atoms with Gasteiger partial charge in [0.2, 0.25) is 0 Å². The van der Waals surface area contributed by atoms with E-state index in [0.29, 0.717) is 0 Å². The fourth-order valence-electron chi connectivity index (χ4n) is 2.77. The van der Waals surface area contributed by atoms with Crippen LogP contribution in [0.5, 0.6) is 11.5 Å². The van der Waals surface area contributed by atoms with Gasteiger partial charge in [0.15, 0.2) is 0 Å². The molecule has 0 atom stereocenters. The molecule has 25 heavy (non-hydrogen) atoms. The van der Waals surface area contributed by atoms with E-state index >= 15 is 0 Å². The van der Waals surface area contributed by atoms with E-state index in [2.05, 4.69) is 16.0 Å². The van der Waals surface area contributed by atoms with Crippen LogP contribution < -0.4 is 9.47 Å². The molecule has 0 aliphatic carbocycles. The zero-order valence-corrected chi connectivity index (χ0v) is 14.0. The Bertz CT molecular complexity index is 1020. The first-order valence-electron chi connectivity index (χ1n) is 7.90. The predicted octanol–water partition coefficient (Wildman–Crippen LogP) is 4.31. The van der Waals surface area contributed by atoms with Crippen molar-refractivity contribution in [1.29, 1.82) is 0 Å². The number of ether oxygens (including phenoxy) is 2. The third-order valence-corrected chi connectivity index (χ3v) is 4.13. The van der Waals surface area contributed by atoms with E-state index in [0.717, 1.165) is 45.0 Å². The molecule has 5 heteroatoms. The van der Waals surface area contributed by atoms with E-state index in [9.17, 15) is 0 Å². The van der Waals surface area contributed by atoms with Crippen LogP contribution in [0.2, 0.25) is 0 Å². The van der Waals surface area contributed by atoms with Crippen molar-refractivity contribution >= 4 is 10.9 Å². The lowest BCUT2D eigenvalue weighted by Gasteiger charge is -2.04. The molecule has 0 fully saturated rings. The van der Waals surface area contributed by atoms with Crippen molar-refractivity contribution < 1.29 is 9.47 Å². The molecule has 0 bridgehead atoms. The summed E-state index contributed by atoms with van der Waals surface area (Å²) < 4.78 is 10.5. The highest BCUT2D eigenvalue weighted by Gasteiger charge is 2.08. The van der Waals surface area contributed by atoms with E-state index in [-0.39, 0.29) is 0 Å². The number of nitrogens with one attached hydrogen (secondary N) is 1. The van der Waals surface area contributed by atoms with Gasteiger partial charge < -0.3 is 14.5 Å². The van der Waals surface area contributed by atoms with Gasteiger partial charge in [0.25, 0.3) is 0 Å². The molecule has 0 unspecified atom stereocenters. The number of benzene rings is 2. The molecule has 0 radical (unpaired) electrons. The molecular formula is C20H17N3O2. The van der Waals surface area contributed by atoms with Gasteiger partial charge in [0, 0.05) is 22.5 Å². The quantitative estimate of drug-likeness (QED) is 0.605. The van der Waals surface area contributed by atoms with Crippen LogP contribution in [-0.2, 0) is 0 Å². The topological polar surface area (TPSA) is 60.0 Å². The molecule has 0 spiro atoms. The van der Waals surface area contributed by atoms with Crippen LogP contribution in [0.15, 0.2) is 60.9 Å². The molecule has 2 heterocycles. The van der Waals surface area contributed by atoms with Crippen molar-refractivity contribution in [2.24, 2.45) is 0 Å². The number of fused-ring (bicyclic) bond motifs is 1. The molecular weight excluding hydrogens is 314 g/mol. The number of nitrogens with zero attached hydrogens (tertiary/aromatic N) is 2. The van der Waals surface area contributed by atoms with Gasteiger partial charge in [-0.25, -0.2) is 4.98 Å². The minimum atomic E-state index is 0.795. The highest BCUT2D eigenvalue weighted by molar-refractivity contribution is 5.86.